The quantitative estimate of drug-likeness (QED) is 0.582. The summed E-state index contributed by atoms with van der Waals surface area (Å²) in [6.07, 6.45) is 5.67. The third kappa shape index (κ3) is 3.68. The molecule has 0 fully saturated rings. The molecule has 0 bridgehead atoms. The highest BCUT2D eigenvalue weighted by atomic mass is 16.1. The minimum absolute atomic E-state index is 0.0921. The van der Waals surface area contributed by atoms with E-state index >= 15 is 0 Å². The number of rotatable bonds is 5. The van der Waals surface area contributed by atoms with E-state index in [9.17, 15) is 4.79 Å². The molecule has 0 aliphatic rings. The van der Waals surface area contributed by atoms with Crippen molar-refractivity contribution in [2.45, 2.75) is 20.4 Å². The number of carbonyl (C=O) groups excluding carboxylic acids is 1. The lowest BCUT2D eigenvalue weighted by atomic mass is 10.1. The third-order valence-corrected chi connectivity index (χ3v) is 4.45. The monoisotopic (exact) mass is 372 g/mol. The van der Waals surface area contributed by atoms with Crippen LogP contribution in [0.3, 0.4) is 0 Å². The van der Waals surface area contributed by atoms with Gasteiger partial charge in [0.2, 0.25) is 5.91 Å². The second-order valence-corrected chi connectivity index (χ2v) is 6.53. The summed E-state index contributed by atoms with van der Waals surface area (Å²) in [5.41, 5.74) is 4.69. The summed E-state index contributed by atoms with van der Waals surface area (Å²) >= 11 is 0. The van der Waals surface area contributed by atoms with Gasteiger partial charge in [-0.3, -0.25) is 4.79 Å². The first-order valence-corrected chi connectivity index (χ1v) is 8.96. The fourth-order valence-electron chi connectivity index (χ4n) is 3.12. The van der Waals surface area contributed by atoms with E-state index in [1.54, 1.807) is 6.20 Å². The molecular formula is C21H20N6O. The summed E-state index contributed by atoms with van der Waals surface area (Å²) in [6, 6.07) is 15.7. The van der Waals surface area contributed by atoms with E-state index in [2.05, 4.69) is 37.3 Å². The molecule has 0 atom stereocenters. The van der Waals surface area contributed by atoms with Gasteiger partial charge in [0, 0.05) is 30.6 Å². The van der Waals surface area contributed by atoms with Crippen molar-refractivity contribution < 1.29 is 4.79 Å². The Morgan fingerprint density at radius 2 is 1.89 bits per heavy atom. The molecule has 2 heterocycles. The maximum Gasteiger partial charge on any atom is 0.221 e. The number of aryl methyl sites for hydroxylation is 1. The highest BCUT2D eigenvalue weighted by molar-refractivity contribution is 5.88. The molecule has 2 aromatic heterocycles. The van der Waals surface area contributed by atoms with E-state index in [1.807, 2.05) is 60.4 Å². The first kappa shape index (κ1) is 17.7. The van der Waals surface area contributed by atoms with Gasteiger partial charge in [0.05, 0.1) is 18.4 Å². The Bertz CT molecular complexity index is 1110. The van der Waals surface area contributed by atoms with Crippen LogP contribution in [0.4, 0.5) is 5.69 Å². The predicted octanol–water partition coefficient (Wildman–Crippen LogP) is 3.45. The molecule has 1 amide bonds. The van der Waals surface area contributed by atoms with Gasteiger partial charge in [-0.15, -0.1) is 5.10 Å². The van der Waals surface area contributed by atoms with Crippen molar-refractivity contribution in [1.82, 2.24) is 24.5 Å². The second-order valence-electron chi connectivity index (χ2n) is 6.53. The first-order chi connectivity index (χ1) is 13.6. The molecule has 0 radical (unpaired) electrons. The number of imidazole rings is 1. The summed E-state index contributed by atoms with van der Waals surface area (Å²) in [5, 5.41) is 11.3. The minimum atomic E-state index is -0.0921. The van der Waals surface area contributed by atoms with Gasteiger partial charge in [0.15, 0.2) is 0 Å². The standard InChI is InChI=1S/C21H20N6O/c1-15-22-11-12-27(15)21-6-4-3-5-18(21)13-26-14-20(24-25-26)17-7-9-19(10-8-17)23-16(2)28/h3-12,14H,13H2,1-2H3,(H,23,28). The van der Waals surface area contributed by atoms with Crippen LogP contribution < -0.4 is 5.32 Å². The van der Waals surface area contributed by atoms with Crippen LogP contribution in [0.25, 0.3) is 16.9 Å². The van der Waals surface area contributed by atoms with Crippen molar-refractivity contribution in [2.75, 3.05) is 5.32 Å². The summed E-state index contributed by atoms with van der Waals surface area (Å²) in [7, 11) is 0. The van der Waals surface area contributed by atoms with Crippen LogP contribution in [-0.4, -0.2) is 30.5 Å². The van der Waals surface area contributed by atoms with E-state index in [0.29, 0.717) is 6.54 Å². The predicted molar refractivity (Wildman–Crippen MR) is 107 cm³/mol. The van der Waals surface area contributed by atoms with Crippen LogP contribution >= 0.6 is 0 Å². The van der Waals surface area contributed by atoms with E-state index in [4.69, 9.17) is 0 Å². The maximum atomic E-state index is 11.1. The Morgan fingerprint density at radius 3 is 2.61 bits per heavy atom. The van der Waals surface area contributed by atoms with Gasteiger partial charge in [0.1, 0.15) is 11.5 Å². The summed E-state index contributed by atoms with van der Waals surface area (Å²) in [4.78, 5) is 15.4. The first-order valence-electron chi connectivity index (χ1n) is 8.96. The molecule has 0 saturated heterocycles. The highest BCUT2D eigenvalue weighted by Crippen LogP contribution is 2.21. The van der Waals surface area contributed by atoms with Gasteiger partial charge < -0.3 is 9.88 Å². The molecule has 0 aliphatic carbocycles. The number of nitrogens with one attached hydrogen (secondary N) is 1. The van der Waals surface area contributed by atoms with E-state index in [1.165, 1.54) is 6.92 Å². The molecule has 7 nitrogen and oxygen atoms in total. The molecule has 7 heteroatoms. The van der Waals surface area contributed by atoms with Crippen molar-refractivity contribution in [3.05, 3.63) is 78.5 Å². The van der Waals surface area contributed by atoms with Gasteiger partial charge in [-0.05, 0) is 30.7 Å². The van der Waals surface area contributed by atoms with Crippen LogP contribution in [0.1, 0.15) is 18.3 Å². The Kier molecular flexibility index (Phi) is 4.72. The van der Waals surface area contributed by atoms with Crippen LogP contribution in [-0.2, 0) is 11.3 Å². The van der Waals surface area contributed by atoms with Gasteiger partial charge in [-0.25, -0.2) is 9.67 Å². The topological polar surface area (TPSA) is 77.6 Å². The van der Waals surface area contributed by atoms with Gasteiger partial charge in [0.25, 0.3) is 0 Å². The molecule has 140 valence electrons. The number of carbonyl (C=O) groups is 1. The Balaban J connectivity index is 1.56. The zero-order valence-electron chi connectivity index (χ0n) is 15.7. The number of hydrogen-bond acceptors (Lipinski definition) is 4. The highest BCUT2D eigenvalue weighted by Gasteiger charge is 2.09. The van der Waals surface area contributed by atoms with Gasteiger partial charge in [-0.1, -0.05) is 35.5 Å². The third-order valence-electron chi connectivity index (χ3n) is 4.45. The van der Waals surface area contributed by atoms with Crippen molar-refractivity contribution >= 4 is 11.6 Å². The number of hydrogen-bond donors (Lipinski definition) is 1. The normalized spacial score (nSPS) is 10.8. The molecular weight excluding hydrogens is 352 g/mol. The van der Waals surface area contributed by atoms with Gasteiger partial charge in [-0.2, -0.15) is 0 Å². The summed E-state index contributed by atoms with van der Waals surface area (Å²) in [5.74, 6) is 0.844. The van der Waals surface area contributed by atoms with Crippen LogP contribution in [0, 0.1) is 6.92 Å². The lowest BCUT2D eigenvalue weighted by molar-refractivity contribution is -0.114. The molecule has 4 aromatic rings. The average molecular weight is 372 g/mol. The average Bonchev–Trinajstić information content (AvgIpc) is 3.32. The van der Waals surface area contributed by atoms with Gasteiger partial charge >= 0.3 is 0 Å². The SMILES string of the molecule is CC(=O)Nc1ccc(-c2cn(Cc3ccccc3-n3ccnc3C)nn2)cc1. The van der Waals surface area contributed by atoms with Crippen molar-refractivity contribution in [2.24, 2.45) is 0 Å². The van der Waals surface area contributed by atoms with Crippen molar-refractivity contribution in [3.8, 4) is 16.9 Å². The van der Waals surface area contributed by atoms with Crippen LogP contribution in [0.2, 0.25) is 0 Å². The van der Waals surface area contributed by atoms with E-state index in [0.717, 1.165) is 34.0 Å². The van der Waals surface area contributed by atoms with Crippen LogP contribution in [0.15, 0.2) is 67.1 Å². The molecule has 0 spiro atoms. The number of amides is 1. The summed E-state index contributed by atoms with van der Waals surface area (Å²) in [6.45, 7) is 4.07. The van der Waals surface area contributed by atoms with Crippen molar-refractivity contribution in [3.63, 3.8) is 0 Å². The largest absolute Gasteiger partial charge is 0.326 e. The zero-order chi connectivity index (χ0) is 19.5. The Morgan fingerprint density at radius 1 is 1.11 bits per heavy atom. The molecule has 0 unspecified atom stereocenters. The lowest BCUT2D eigenvalue weighted by Crippen LogP contribution is -2.06. The molecule has 2 aromatic carbocycles. The Labute approximate surface area is 162 Å². The number of para-hydroxylation sites is 1. The molecule has 4 rings (SSSR count). The Hall–Kier alpha value is -3.74. The number of benzene rings is 2. The second kappa shape index (κ2) is 7.48. The maximum absolute atomic E-state index is 11.1. The smallest absolute Gasteiger partial charge is 0.221 e. The van der Waals surface area contributed by atoms with Crippen molar-refractivity contribution in [1.29, 1.82) is 0 Å². The van der Waals surface area contributed by atoms with E-state index in [-0.39, 0.29) is 5.91 Å². The number of nitrogens with zero attached hydrogens (tertiary/aromatic N) is 5. The summed E-state index contributed by atoms with van der Waals surface area (Å²) < 4.78 is 3.88. The number of anilines is 1. The van der Waals surface area contributed by atoms with Crippen LogP contribution in [0.5, 0.6) is 0 Å². The molecule has 1 N–H and O–H groups in total. The molecule has 28 heavy (non-hydrogen) atoms. The lowest BCUT2D eigenvalue weighted by Gasteiger charge is -2.11. The molecule has 0 aliphatic heterocycles. The molecule has 0 saturated carbocycles. The fraction of sp³-hybridized carbons (Fsp3) is 0.143. The fourth-order valence-corrected chi connectivity index (χ4v) is 3.12. The zero-order valence-corrected chi connectivity index (χ0v) is 15.7. The number of aromatic nitrogens is 5. The minimum Gasteiger partial charge on any atom is -0.326 e. The van der Waals surface area contributed by atoms with E-state index < -0.39 is 0 Å².